The molecule has 0 saturated heterocycles. The van der Waals surface area contributed by atoms with Crippen molar-refractivity contribution in [3.8, 4) is 0 Å². The van der Waals surface area contributed by atoms with E-state index in [1.807, 2.05) is 0 Å². The summed E-state index contributed by atoms with van der Waals surface area (Å²) in [5, 5.41) is 11.5. The van der Waals surface area contributed by atoms with Gasteiger partial charge in [0, 0.05) is 5.56 Å². The molecule has 8 heteroatoms. The van der Waals surface area contributed by atoms with Crippen LogP contribution in [0.25, 0.3) is 11.0 Å². The van der Waals surface area contributed by atoms with Crippen LogP contribution in [0.5, 0.6) is 0 Å². The first-order valence-corrected chi connectivity index (χ1v) is 6.59. The summed E-state index contributed by atoms with van der Waals surface area (Å²) in [4.78, 5) is 50.5. The van der Waals surface area contributed by atoms with Crippen LogP contribution in [-0.4, -0.2) is 33.0 Å². The third-order valence-electron chi connectivity index (χ3n) is 3.20. The van der Waals surface area contributed by atoms with Crippen molar-refractivity contribution in [2.45, 2.75) is 19.9 Å². The molecule has 0 unspecified atom stereocenters. The molecule has 0 aliphatic carbocycles. The molecule has 116 valence electrons. The van der Waals surface area contributed by atoms with Gasteiger partial charge in [-0.05, 0) is 24.1 Å². The van der Waals surface area contributed by atoms with Gasteiger partial charge in [-0.3, -0.25) is 14.4 Å². The molecule has 22 heavy (non-hydrogen) atoms. The Labute approximate surface area is 124 Å². The van der Waals surface area contributed by atoms with Crippen LogP contribution in [-0.2, 0) is 4.79 Å². The average Bonchev–Trinajstić information content (AvgIpc) is 2.44. The van der Waals surface area contributed by atoms with Crippen molar-refractivity contribution in [3.63, 3.8) is 0 Å². The van der Waals surface area contributed by atoms with Crippen LogP contribution in [0.15, 0.2) is 27.8 Å². The highest BCUT2D eigenvalue weighted by Crippen LogP contribution is 2.10. The Morgan fingerprint density at radius 1 is 1.09 bits per heavy atom. The molecule has 2 rings (SSSR count). The van der Waals surface area contributed by atoms with Crippen molar-refractivity contribution in [1.29, 1.82) is 0 Å². The van der Waals surface area contributed by atoms with Gasteiger partial charge in [-0.25, -0.2) is 4.79 Å². The summed E-state index contributed by atoms with van der Waals surface area (Å²) < 4.78 is 0. The number of hydrogen-bond donors (Lipinski definition) is 4. The van der Waals surface area contributed by atoms with Gasteiger partial charge in [-0.1, -0.05) is 13.8 Å². The minimum Gasteiger partial charge on any atom is -0.480 e. The molecule has 4 N–H and O–H groups in total. The van der Waals surface area contributed by atoms with Gasteiger partial charge in [0.05, 0.1) is 11.0 Å². The number of aliphatic carboxylic acids is 1. The predicted molar refractivity (Wildman–Crippen MR) is 78.9 cm³/mol. The Morgan fingerprint density at radius 2 is 1.68 bits per heavy atom. The lowest BCUT2D eigenvalue weighted by atomic mass is 10.0. The zero-order valence-corrected chi connectivity index (χ0v) is 12.0. The average molecular weight is 305 g/mol. The van der Waals surface area contributed by atoms with Crippen molar-refractivity contribution in [2.24, 2.45) is 5.92 Å². The second-order valence-corrected chi connectivity index (χ2v) is 5.20. The molecule has 8 nitrogen and oxygen atoms in total. The number of benzene rings is 1. The number of carbonyl (C=O) groups excluding carboxylic acids is 1. The van der Waals surface area contributed by atoms with E-state index < -0.39 is 29.0 Å². The summed E-state index contributed by atoms with van der Waals surface area (Å²) in [6.45, 7) is 3.36. The maximum absolute atomic E-state index is 12.1. The fourth-order valence-corrected chi connectivity index (χ4v) is 1.99. The third-order valence-corrected chi connectivity index (χ3v) is 3.20. The quantitative estimate of drug-likeness (QED) is 0.593. The van der Waals surface area contributed by atoms with Gasteiger partial charge in [0.25, 0.3) is 5.91 Å². The van der Waals surface area contributed by atoms with Crippen LogP contribution >= 0.6 is 0 Å². The minimum atomic E-state index is -1.12. The molecule has 0 aliphatic rings. The fraction of sp³-hybridized carbons (Fsp3) is 0.286. The molecule has 0 radical (unpaired) electrons. The van der Waals surface area contributed by atoms with E-state index in [4.69, 9.17) is 5.11 Å². The van der Waals surface area contributed by atoms with Crippen LogP contribution in [0.1, 0.15) is 24.2 Å². The highest BCUT2D eigenvalue weighted by atomic mass is 16.4. The molecule has 1 heterocycles. The van der Waals surface area contributed by atoms with E-state index in [-0.39, 0.29) is 17.0 Å². The van der Waals surface area contributed by atoms with E-state index in [0.29, 0.717) is 5.52 Å². The van der Waals surface area contributed by atoms with Crippen molar-refractivity contribution >= 4 is 22.9 Å². The third kappa shape index (κ3) is 3.05. The molecule has 1 amide bonds. The van der Waals surface area contributed by atoms with E-state index >= 15 is 0 Å². The predicted octanol–water partition coefficient (Wildman–Crippen LogP) is 0.0554. The number of carboxylic acids is 1. The first kappa shape index (κ1) is 15.5. The number of amides is 1. The van der Waals surface area contributed by atoms with Crippen molar-refractivity contribution in [2.75, 3.05) is 0 Å². The molecule has 0 spiro atoms. The second-order valence-electron chi connectivity index (χ2n) is 5.20. The van der Waals surface area contributed by atoms with Gasteiger partial charge < -0.3 is 20.4 Å². The van der Waals surface area contributed by atoms with Gasteiger partial charge in [0.1, 0.15) is 6.04 Å². The normalized spacial score (nSPS) is 12.3. The highest BCUT2D eigenvalue weighted by Gasteiger charge is 2.24. The SMILES string of the molecule is CC(C)[C@@H](NC(=O)c1ccc2[nH]c(=O)c(=O)[nH]c2c1)C(=O)O. The molecular weight excluding hydrogens is 290 g/mol. The van der Waals surface area contributed by atoms with Crippen LogP contribution < -0.4 is 16.4 Å². The molecule has 1 aromatic carbocycles. The maximum Gasteiger partial charge on any atom is 0.326 e. The Bertz CT molecular complexity index is 849. The number of carboxylic acid groups (broad SMARTS) is 1. The zero-order valence-electron chi connectivity index (χ0n) is 12.0. The van der Waals surface area contributed by atoms with Gasteiger partial charge in [0.15, 0.2) is 0 Å². The van der Waals surface area contributed by atoms with Crippen molar-refractivity contribution < 1.29 is 14.7 Å². The minimum absolute atomic E-state index is 0.182. The number of H-pyrrole nitrogens is 2. The van der Waals surface area contributed by atoms with E-state index in [1.54, 1.807) is 13.8 Å². The first-order chi connectivity index (χ1) is 10.3. The van der Waals surface area contributed by atoms with Gasteiger partial charge in [-0.15, -0.1) is 0 Å². The Morgan fingerprint density at radius 3 is 2.23 bits per heavy atom. The zero-order chi connectivity index (χ0) is 16.4. The molecule has 0 saturated carbocycles. The number of carbonyl (C=O) groups is 2. The number of aromatic nitrogens is 2. The first-order valence-electron chi connectivity index (χ1n) is 6.59. The van der Waals surface area contributed by atoms with Crippen LogP contribution in [0, 0.1) is 5.92 Å². The molecule has 0 bridgehead atoms. The molecule has 1 atom stereocenters. The van der Waals surface area contributed by atoms with E-state index in [2.05, 4.69) is 15.3 Å². The van der Waals surface area contributed by atoms with E-state index in [1.165, 1.54) is 18.2 Å². The summed E-state index contributed by atoms with van der Waals surface area (Å²) in [6, 6.07) is 3.26. The second kappa shape index (κ2) is 5.84. The molecule has 0 aliphatic heterocycles. The topological polar surface area (TPSA) is 132 Å². The largest absolute Gasteiger partial charge is 0.480 e. The van der Waals surface area contributed by atoms with Crippen molar-refractivity contribution in [3.05, 3.63) is 44.5 Å². The lowest BCUT2D eigenvalue weighted by Crippen LogP contribution is -2.44. The monoisotopic (exact) mass is 305 g/mol. The van der Waals surface area contributed by atoms with Gasteiger partial charge >= 0.3 is 17.1 Å². The van der Waals surface area contributed by atoms with Crippen LogP contribution in [0.3, 0.4) is 0 Å². The molecule has 0 fully saturated rings. The Balaban J connectivity index is 2.36. The van der Waals surface area contributed by atoms with Crippen LogP contribution in [0.2, 0.25) is 0 Å². The molecular formula is C14H15N3O5. The highest BCUT2D eigenvalue weighted by molar-refractivity contribution is 5.99. The summed E-state index contributed by atoms with van der Waals surface area (Å²) >= 11 is 0. The number of hydrogen-bond acceptors (Lipinski definition) is 4. The summed E-state index contributed by atoms with van der Waals surface area (Å²) in [6.07, 6.45) is 0. The number of fused-ring (bicyclic) bond motifs is 1. The smallest absolute Gasteiger partial charge is 0.326 e. The lowest BCUT2D eigenvalue weighted by molar-refractivity contribution is -0.140. The van der Waals surface area contributed by atoms with Gasteiger partial charge in [-0.2, -0.15) is 0 Å². The Hall–Kier alpha value is -2.90. The molecule has 1 aromatic heterocycles. The lowest BCUT2D eigenvalue weighted by Gasteiger charge is -2.17. The van der Waals surface area contributed by atoms with Crippen molar-refractivity contribution in [1.82, 2.24) is 15.3 Å². The standard InChI is InChI=1S/C14H15N3O5/c1-6(2)10(14(21)22)17-11(18)7-3-4-8-9(5-7)16-13(20)12(19)15-8/h3-6,10H,1-2H3,(H,15,19)(H,16,20)(H,17,18)(H,21,22)/t10-/m1/s1. The fourth-order valence-electron chi connectivity index (χ4n) is 1.99. The number of nitrogens with one attached hydrogen (secondary N) is 3. The summed E-state index contributed by atoms with van der Waals surface area (Å²) in [5.41, 5.74) is -0.762. The summed E-state index contributed by atoms with van der Waals surface area (Å²) in [7, 11) is 0. The van der Waals surface area contributed by atoms with Gasteiger partial charge in [0.2, 0.25) is 0 Å². The van der Waals surface area contributed by atoms with E-state index in [9.17, 15) is 19.2 Å². The van der Waals surface area contributed by atoms with Crippen LogP contribution in [0.4, 0.5) is 0 Å². The van der Waals surface area contributed by atoms with E-state index in [0.717, 1.165) is 0 Å². The Kier molecular flexibility index (Phi) is 4.11. The maximum atomic E-state index is 12.1. The number of rotatable bonds is 4. The number of aromatic amines is 2. The molecule has 2 aromatic rings. The summed E-state index contributed by atoms with van der Waals surface area (Å²) in [5.74, 6) is -1.98.